The Kier molecular flexibility index (Phi) is 3.76. The molecule has 1 heterocycles. The van der Waals surface area contributed by atoms with Crippen LogP contribution in [0, 0.1) is 0 Å². The van der Waals surface area contributed by atoms with Gasteiger partial charge in [0.25, 0.3) is 10.0 Å². The second-order valence-corrected chi connectivity index (χ2v) is 7.81. The van der Waals surface area contributed by atoms with Crippen LogP contribution in [0.3, 0.4) is 0 Å². The lowest BCUT2D eigenvalue weighted by atomic mass is 10.0. The molecule has 0 atom stereocenters. The van der Waals surface area contributed by atoms with Crippen molar-refractivity contribution in [2.24, 2.45) is 0 Å². The molecule has 3 rings (SSSR count). The number of nitrogens with zero attached hydrogens (tertiary/aromatic N) is 1. The minimum Gasteiger partial charge on any atom is -0.202 e. The summed E-state index contributed by atoms with van der Waals surface area (Å²) in [5.74, 6) is 0.00338. The summed E-state index contributed by atoms with van der Waals surface area (Å²) in [7, 11) is -3.36. The summed E-state index contributed by atoms with van der Waals surface area (Å²) in [6.45, 7) is 0. The van der Waals surface area contributed by atoms with Crippen LogP contribution in [0.5, 0.6) is 0 Å². The van der Waals surface area contributed by atoms with E-state index in [1.807, 2.05) is 36.5 Å². The van der Waals surface area contributed by atoms with Crippen molar-refractivity contribution in [2.75, 3.05) is 4.83 Å². The molecule has 6 heteroatoms. The SMILES string of the molecule is O=S(=O)(Cc1ccccc1)N[n+]1cc2c(s1)CCCC2. The molecule has 0 unspecified atom stereocenters. The molecule has 1 aromatic heterocycles. The average molecular weight is 309 g/mol. The molecule has 1 aromatic carbocycles. The Hall–Kier alpha value is -1.40. The molecule has 4 nitrogen and oxygen atoms in total. The highest BCUT2D eigenvalue weighted by molar-refractivity contribution is 7.91. The second-order valence-electron chi connectivity index (χ2n) is 5.04. The van der Waals surface area contributed by atoms with Crippen LogP contribution in [0.1, 0.15) is 28.8 Å². The average Bonchev–Trinajstić information content (AvgIpc) is 2.80. The Balaban J connectivity index is 1.74. The molecular formula is C14H17N2O2S2+. The van der Waals surface area contributed by atoms with E-state index in [2.05, 4.69) is 4.83 Å². The fraction of sp³-hybridized carbons (Fsp3) is 0.357. The first-order valence-corrected chi connectivity index (χ1v) is 9.13. The van der Waals surface area contributed by atoms with Gasteiger partial charge in [-0.1, -0.05) is 35.2 Å². The van der Waals surface area contributed by atoms with Crippen molar-refractivity contribution in [3.63, 3.8) is 0 Å². The standard InChI is InChI=1S/C14H17N2O2S2/c17-20(18,11-12-6-2-1-3-7-12)15-16-10-13-8-4-5-9-14(13)19-16/h1-3,6-7,10,15H,4-5,8-9,11H2/q+1. The summed E-state index contributed by atoms with van der Waals surface area (Å²) in [6, 6.07) is 9.22. The molecule has 0 fully saturated rings. The normalized spacial score (nSPS) is 14.8. The maximum atomic E-state index is 12.2. The molecule has 0 spiro atoms. The van der Waals surface area contributed by atoms with Crippen molar-refractivity contribution in [3.05, 3.63) is 52.5 Å². The van der Waals surface area contributed by atoms with Gasteiger partial charge in [0.1, 0.15) is 0 Å². The quantitative estimate of drug-likeness (QED) is 0.878. The predicted molar refractivity (Wildman–Crippen MR) is 79.6 cm³/mol. The van der Waals surface area contributed by atoms with E-state index < -0.39 is 10.0 Å². The van der Waals surface area contributed by atoms with Crippen LogP contribution >= 0.6 is 11.5 Å². The zero-order valence-electron chi connectivity index (χ0n) is 11.1. The third-order valence-electron chi connectivity index (χ3n) is 3.37. The number of hydrogen-bond donors (Lipinski definition) is 1. The maximum absolute atomic E-state index is 12.2. The molecule has 0 saturated heterocycles. The van der Waals surface area contributed by atoms with Crippen LogP contribution in [-0.2, 0) is 28.6 Å². The van der Waals surface area contributed by atoms with Crippen LogP contribution in [0.4, 0.5) is 0 Å². The van der Waals surface area contributed by atoms with Crippen LogP contribution in [0.2, 0.25) is 0 Å². The van der Waals surface area contributed by atoms with Crippen LogP contribution in [-0.4, -0.2) is 8.42 Å². The first-order chi connectivity index (χ1) is 9.62. The van der Waals surface area contributed by atoms with Gasteiger partial charge in [0.05, 0.1) is 10.6 Å². The minimum absolute atomic E-state index is 0.00338. The first-order valence-electron chi connectivity index (χ1n) is 6.70. The number of aryl methyl sites for hydroxylation is 2. The fourth-order valence-electron chi connectivity index (χ4n) is 2.44. The lowest BCUT2D eigenvalue weighted by Gasteiger charge is -2.04. The van der Waals surface area contributed by atoms with E-state index >= 15 is 0 Å². The van der Waals surface area contributed by atoms with E-state index in [9.17, 15) is 8.42 Å². The monoisotopic (exact) mass is 309 g/mol. The Morgan fingerprint density at radius 3 is 2.65 bits per heavy atom. The Morgan fingerprint density at radius 2 is 1.90 bits per heavy atom. The molecule has 0 aliphatic heterocycles. The summed E-state index contributed by atoms with van der Waals surface area (Å²) in [5.41, 5.74) is 2.07. The van der Waals surface area contributed by atoms with Crippen molar-refractivity contribution in [1.29, 1.82) is 0 Å². The summed E-state index contributed by atoms with van der Waals surface area (Å²) >= 11 is 1.50. The Labute approximate surface area is 123 Å². The van der Waals surface area contributed by atoms with Crippen molar-refractivity contribution >= 4 is 21.6 Å². The number of benzene rings is 1. The second kappa shape index (κ2) is 5.54. The zero-order valence-corrected chi connectivity index (χ0v) is 12.7. The van der Waals surface area contributed by atoms with Gasteiger partial charge in [-0.05, 0) is 35.3 Å². The summed E-state index contributed by atoms with van der Waals surface area (Å²) in [4.78, 5) is 3.94. The van der Waals surface area contributed by atoms with Crippen molar-refractivity contribution in [3.8, 4) is 0 Å². The van der Waals surface area contributed by atoms with Crippen molar-refractivity contribution in [2.45, 2.75) is 31.4 Å². The van der Waals surface area contributed by atoms with Gasteiger partial charge in [-0.2, -0.15) is 0 Å². The highest BCUT2D eigenvalue weighted by atomic mass is 32.2. The molecule has 1 aliphatic rings. The van der Waals surface area contributed by atoms with E-state index in [4.69, 9.17) is 0 Å². The van der Waals surface area contributed by atoms with Gasteiger partial charge in [-0.25, -0.2) is 8.42 Å². The molecule has 106 valence electrons. The molecule has 1 aliphatic carbocycles. The molecule has 0 amide bonds. The van der Waals surface area contributed by atoms with E-state index in [0.717, 1.165) is 18.4 Å². The van der Waals surface area contributed by atoms with Crippen molar-refractivity contribution in [1.82, 2.24) is 0 Å². The van der Waals surface area contributed by atoms with E-state index in [0.29, 0.717) is 0 Å². The van der Waals surface area contributed by atoms with Gasteiger partial charge in [0.2, 0.25) is 6.20 Å². The number of sulfonamides is 1. The molecule has 1 N–H and O–H groups in total. The van der Waals surface area contributed by atoms with Gasteiger partial charge in [0, 0.05) is 5.56 Å². The minimum atomic E-state index is -3.36. The van der Waals surface area contributed by atoms with E-state index in [-0.39, 0.29) is 5.75 Å². The van der Waals surface area contributed by atoms with E-state index in [1.54, 1.807) is 4.07 Å². The third-order valence-corrected chi connectivity index (χ3v) is 5.75. The molecule has 20 heavy (non-hydrogen) atoms. The van der Waals surface area contributed by atoms with E-state index in [1.165, 1.54) is 34.8 Å². The zero-order chi connectivity index (χ0) is 14.0. The number of nitrogens with one attached hydrogen (secondary N) is 1. The maximum Gasteiger partial charge on any atom is 0.282 e. The summed E-state index contributed by atoms with van der Waals surface area (Å²) in [6.07, 6.45) is 6.43. The van der Waals surface area contributed by atoms with Crippen molar-refractivity contribution < 1.29 is 12.5 Å². The first kappa shape index (κ1) is 13.6. The number of fused-ring (bicyclic) bond motifs is 1. The molecular weight excluding hydrogens is 292 g/mol. The number of hydrogen-bond acceptors (Lipinski definition) is 3. The number of rotatable bonds is 4. The third kappa shape index (κ3) is 3.19. The Morgan fingerprint density at radius 1 is 1.15 bits per heavy atom. The lowest BCUT2D eigenvalue weighted by Crippen LogP contribution is -2.44. The topological polar surface area (TPSA) is 50.1 Å². The van der Waals surface area contributed by atoms with Gasteiger partial charge < -0.3 is 0 Å². The molecule has 0 saturated carbocycles. The summed E-state index contributed by atoms with van der Waals surface area (Å²) in [5, 5.41) is 0. The van der Waals surface area contributed by atoms with Gasteiger partial charge in [0.15, 0.2) is 11.5 Å². The number of aromatic nitrogens is 1. The Bertz CT molecular complexity index is 670. The van der Waals surface area contributed by atoms with Gasteiger partial charge in [-0.15, -0.1) is 0 Å². The fourth-order valence-corrected chi connectivity index (χ4v) is 4.87. The van der Waals surface area contributed by atoms with Crippen LogP contribution < -0.4 is 8.90 Å². The molecule has 0 radical (unpaired) electrons. The van der Waals surface area contributed by atoms with Gasteiger partial charge in [-0.3, -0.25) is 0 Å². The van der Waals surface area contributed by atoms with Gasteiger partial charge >= 0.3 is 0 Å². The lowest BCUT2D eigenvalue weighted by molar-refractivity contribution is -0.564. The smallest absolute Gasteiger partial charge is 0.202 e. The molecule has 2 aromatic rings. The van der Waals surface area contributed by atoms with Crippen LogP contribution in [0.25, 0.3) is 0 Å². The molecule has 0 bridgehead atoms. The summed E-state index contributed by atoms with van der Waals surface area (Å²) < 4.78 is 25.9. The predicted octanol–water partition coefficient (Wildman–Crippen LogP) is 1.99. The largest absolute Gasteiger partial charge is 0.282 e. The van der Waals surface area contributed by atoms with Crippen LogP contribution in [0.15, 0.2) is 36.5 Å². The highest BCUT2D eigenvalue weighted by Gasteiger charge is 2.23. The highest BCUT2D eigenvalue weighted by Crippen LogP contribution is 2.22.